The van der Waals surface area contributed by atoms with Crippen LogP contribution in [0, 0.1) is 0 Å². The summed E-state index contributed by atoms with van der Waals surface area (Å²) in [6.45, 7) is 4.09. The van der Waals surface area contributed by atoms with E-state index in [1.165, 1.54) is 6.26 Å². The largest absolute Gasteiger partial charge is 0.213 e. The van der Waals surface area contributed by atoms with Crippen LogP contribution in [0.2, 0.25) is 0 Å². The van der Waals surface area contributed by atoms with Crippen molar-refractivity contribution < 1.29 is 8.42 Å². The zero-order chi connectivity index (χ0) is 8.70. The van der Waals surface area contributed by atoms with Gasteiger partial charge in [0.1, 0.15) is 0 Å². The Labute approximate surface area is 72.0 Å². The van der Waals surface area contributed by atoms with Gasteiger partial charge in [0.25, 0.3) is 0 Å². The van der Waals surface area contributed by atoms with Crippen molar-refractivity contribution in [2.45, 2.75) is 24.6 Å². The fourth-order valence-electron chi connectivity index (χ4n) is 0.934. The lowest BCUT2D eigenvalue weighted by molar-refractivity contribution is 0.489. The SMILES string of the molecule is CC1(C)SCC1NS(C)(=O)=O. The van der Waals surface area contributed by atoms with Crippen molar-refractivity contribution in [1.29, 1.82) is 0 Å². The van der Waals surface area contributed by atoms with Crippen molar-refractivity contribution in [3.05, 3.63) is 0 Å². The molecule has 1 aliphatic heterocycles. The summed E-state index contributed by atoms with van der Waals surface area (Å²) in [6, 6.07) is 0.113. The van der Waals surface area contributed by atoms with E-state index in [-0.39, 0.29) is 10.8 Å². The summed E-state index contributed by atoms with van der Waals surface area (Å²) in [5.74, 6) is 0.889. The molecule has 1 saturated heterocycles. The van der Waals surface area contributed by atoms with Gasteiger partial charge in [0.05, 0.1) is 6.26 Å². The van der Waals surface area contributed by atoms with Gasteiger partial charge < -0.3 is 0 Å². The molecule has 1 unspecified atom stereocenters. The monoisotopic (exact) mass is 195 g/mol. The molecule has 5 heteroatoms. The molecular formula is C6H13NO2S2. The second-order valence-corrected chi connectivity index (χ2v) is 6.81. The fraction of sp³-hybridized carbons (Fsp3) is 1.00. The summed E-state index contributed by atoms with van der Waals surface area (Å²) in [5, 5.41) is 0. The molecule has 0 aromatic heterocycles. The smallest absolute Gasteiger partial charge is 0.209 e. The van der Waals surface area contributed by atoms with Gasteiger partial charge in [-0.2, -0.15) is 11.8 Å². The van der Waals surface area contributed by atoms with E-state index in [0.29, 0.717) is 0 Å². The molecule has 1 fully saturated rings. The summed E-state index contributed by atoms with van der Waals surface area (Å²) in [6.07, 6.45) is 1.20. The van der Waals surface area contributed by atoms with E-state index >= 15 is 0 Å². The molecule has 0 radical (unpaired) electrons. The first-order valence-corrected chi connectivity index (χ1v) is 6.30. The van der Waals surface area contributed by atoms with Crippen molar-refractivity contribution in [2.75, 3.05) is 12.0 Å². The molecule has 0 saturated carbocycles. The first-order chi connectivity index (χ1) is 4.81. The standard InChI is InChI=1S/C6H13NO2S2/c1-6(2)5(4-10-6)7-11(3,8)9/h5,7H,4H2,1-3H3. The van der Waals surface area contributed by atoms with Gasteiger partial charge in [-0.1, -0.05) is 0 Å². The molecule has 11 heavy (non-hydrogen) atoms. The zero-order valence-electron chi connectivity index (χ0n) is 6.92. The van der Waals surface area contributed by atoms with Crippen molar-refractivity contribution in [1.82, 2.24) is 4.72 Å². The van der Waals surface area contributed by atoms with Crippen LogP contribution in [0.4, 0.5) is 0 Å². The minimum absolute atomic E-state index is 0.0725. The summed E-state index contributed by atoms with van der Waals surface area (Å²) in [7, 11) is -3.02. The van der Waals surface area contributed by atoms with Crippen LogP contribution in [-0.4, -0.2) is 31.2 Å². The van der Waals surface area contributed by atoms with Crippen molar-refractivity contribution in [3.8, 4) is 0 Å². The Balaban J connectivity index is 2.53. The molecule has 0 bridgehead atoms. The number of hydrogen-bond acceptors (Lipinski definition) is 3. The molecular weight excluding hydrogens is 182 g/mol. The van der Waals surface area contributed by atoms with Gasteiger partial charge in [-0.3, -0.25) is 0 Å². The molecule has 0 aromatic rings. The molecule has 3 nitrogen and oxygen atoms in total. The van der Waals surface area contributed by atoms with Crippen LogP contribution in [0.25, 0.3) is 0 Å². The van der Waals surface area contributed by atoms with Crippen molar-refractivity contribution in [3.63, 3.8) is 0 Å². The highest BCUT2D eigenvalue weighted by Gasteiger charge is 2.40. The minimum Gasteiger partial charge on any atom is -0.213 e. The predicted octanol–water partition coefficient (Wildman–Crippen LogP) is 0.430. The lowest BCUT2D eigenvalue weighted by Crippen LogP contribution is -2.56. The molecule has 1 heterocycles. The Kier molecular flexibility index (Phi) is 2.24. The third-order valence-corrected chi connectivity index (χ3v) is 4.06. The van der Waals surface area contributed by atoms with E-state index < -0.39 is 10.0 Å². The molecule has 0 aliphatic carbocycles. The molecule has 0 aromatic carbocycles. The van der Waals surface area contributed by atoms with Gasteiger partial charge in [-0.25, -0.2) is 13.1 Å². The van der Waals surface area contributed by atoms with Gasteiger partial charge in [0.2, 0.25) is 10.0 Å². The number of nitrogens with one attached hydrogen (secondary N) is 1. The number of hydrogen-bond donors (Lipinski definition) is 1. The highest BCUT2D eigenvalue weighted by molar-refractivity contribution is 8.02. The van der Waals surface area contributed by atoms with Crippen LogP contribution < -0.4 is 4.72 Å². The molecule has 1 atom stereocenters. The number of sulfonamides is 1. The molecule has 1 N–H and O–H groups in total. The Morgan fingerprint density at radius 1 is 1.55 bits per heavy atom. The summed E-state index contributed by atoms with van der Waals surface area (Å²) in [5.41, 5.74) is 0. The van der Waals surface area contributed by atoms with E-state index in [0.717, 1.165) is 5.75 Å². The molecule has 1 rings (SSSR count). The third-order valence-electron chi connectivity index (χ3n) is 1.82. The second-order valence-electron chi connectivity index (χ2n) is 3.36. The molecule has 0 spiro atoms. The van der Waals surface area contributed by atoms with Gasteiger partial charge in [-0.05, 0) is 13.8 Å². The van der Waals surface area contributed by atoms with E-state index in [2.05, 4.69) is 4.72 Å². The quantitative estimate of drug-likeness (QED) is 0.695. The topological polar surface area (TPSA) is 46.2 Å². The maximum absolute atomic E-state index is 10.8. The first-order valence-electron chi connectivity index (χ1n) is 3.42. The molecule has 0 amide bonds. The van der Waals surface area contributed by atoms with Crippen LogP contribution in [0.1, 0.15) is 13.8 Å². The first kappa shape index (κ1) is 9.35. The highest BCUT2D eigenvalue weighted by Crippen LogP contribution is 2.39. The van der Waals surface area contributed by atoms with Crippen molar-refractivity contribution in [2.24, 2.45) is 0 Å². The van der Waals surface area contributed by atoms with Crippen LogP contribution >= 0.6 is 11.8 Å². The van der Waals surface area contributed by atoms with Gasteiger partial charge >= 0.3 is 0 Å². The van der Waals surface area contributed by atoms with Crippen LogP contribution in [0.3, 0.4) is 0 Å². The average Bonchev–Trinajstić information content (AvgIpc) is 1.79. The van der Waals surface area contributed by atoms with E-state index in [1.54, 1.807) is 11.8 Å². The van der Waals surface area contributed by atoms with Crippen LogP contribution in [0.15, 0.2) is 0 Å². The highest BCUT2D eigenvalue weighted by atomic mass is 32.2. The van der Waals surface area contributed by atoms with Gasteiger partial charge in [0, 0.05) is 16.5 Å². The maximum atomic E-state index is 10.8. The van der Waals surface area contributed by atoms with E-state index in [4.69, 9.17) is 0 Å². The number of rotatable bonds is 2. The molecule has 1 aliphatic rings. The zero-order valence-corrected chi connectivity index (χ0v) is 8.55. The van der Waals surface area contributed by atoms with E-state index in [9.17, 15) is 8.42 Å². The predicted molar refractivity (Wildman–Crippen MR) is 48.3 cm³/mol. The average molecular weight is 195 g/mol. The Morgan fingerprint density at radius 2 is 2.09 bits per heavy atom. The maximum Gasteiger partial charge on any atom is 0.209 e. The van der Waals surface area contributed by atoms with Crippen molar-refractivity contribution >= 4 is 21.8 Å². The second kappa shape index (κ2) is 2.64. The van der Waals surface area contributed by atoms with Crippen LogP contribution in [-0.2, 0) is 10.0 Å². The summed E-state index contributed by atoms with van der Waals surface area (Å²) < 4.78 is 24.3. The Bertz CT molecular complexity index is 245. The lowest BCUT2D eigenvalue weighted by Gasteiger charge is -2.43. The lowest BCUT2D eigenvalue weighted by atomic mass is 10.1. The number of thioether (sulfide) groups is 1. The van der Waals surface area contributed by atoms with E-state index in [1.807, 2.05) is 13.8 Å². The summed E-state index contributed by atoms with van der Waals surface area (Å²) >= 11 is 1.78. The van der Waals surface area contributed by atoms with Crippen LogP contribution in [0.5, 0.6) is 0 Å². The third kappa shape index (κ3) is 2.35. The Hall–Kier alpha value is 0.260. The minimum atomic E-state index is -3.02. The fourth-order valence-corrected chi connectivity index (χ4v) is 3.15. The Morgan fingerprint density at radius 3 is 2.18 bits per heavy atom. The molecule has 66 valence electrons. The summed E-state index contributed by atoms with van der Waals surface area (Å²) in [4.78, 5) is 0. The van der Waals surface area contributed by atoms with Gasteiger partial charge in [-0.15, -0.1) is 0 Å². The van der Waals surface area contributed by atoms with Gasteiger partial charge in [0.15, 0.2) is 0 Å². The normalized spacial score (nSPS) is 29.5.